The molecule has 0 aliphatic carbocycles. The lowest BCUT2D eigenvalue weighted by atomic mass is 10.1. The highest BCUT2D eigenvalue weighted by molar-refractivity contribution is 5.98. The van der Waals surface area contributed by atoms with Crippen LogP contribution in [0, 0.1) is 10.1 Å². The lowest BCUT2D eigenvalue weighted by molar-refractivity contribution is -0.385. The summed E-state index contributed by atoms with van der Waals surface area (Å²) < 4.78 is 0. The third-order valence-electron chi connectivity index (χ3n) is 4.94. The van der Waals surface area contributed by atoms with Gasteiger partial charge in [0.15, 0.2) is 5.82 Å². The second kappa shape index (κ2) is 8.05. The van der Waals surface area contributed by atoms with E-state index in [9.17, 15) is 14.9 Å². The van der Waals surface area contributed by atoms with Crippen molar-refractivity contribution in [3.63, 3.8) is 0 Å². The minimum Gasteiger partial charge on any atom is -0.352 e. The van der Waals surface area contributed by atoms with Gasteiger partial charge in [-0.25, -0.2) is 0 Å². The van der Waals surface area contributed by atoms with Gasteiger partial charge in [0.1, 0.15) is 5.56 Å². The number of hydrogen-bond acceptors (Lipinski definition) is 6. The summed E-state index contributed by atoms with van der Waals surface area (Å²) in [7, 11) is 0. The standard InChI is InChI=1S/C21H19N5O3/c27-21(17-8-4-5-9-19(17)26(28)29)25-14-12-24(13-15-25)20-11-10-18(22-23-20)16-6-2-1-3-7-16/h1-11H,12-15H2. The van der Waals surface area contributed by atoms with E-state index in [2.05, 4.69) is 15.1 Å². The van der Waals surface area contributed by atoms with Gasteiger partial charge in [0.25, 0.3) is 11.6 Å². The monoisotopic (exact) mass is 389 g/mol. The molecule has 1 amide bonds. The van der Waals surface area contributed by atoms with Crippen molar-refractivity contribution < 1.29 is 9.72 Å². The number of carbonyl (C=O) groups is 1. The molecule has 146 valence electrons. The van der Waals surface area contributed by atoms with Gasteiger partial charge in [0.2, 0.25) is 0 Å². The van der Waals surface area contributed by atoms with Crippen LogP contribution in [-0.2, 0) is 0 Å². The smallest absolute Gasteiger partial charge is 0.282 e. The normalized spacial score (nSPS) is 13.9. The fraction of sp³-hybridized carbons (Fsp3) is 0.190. The number of amides is 1. The van der Waals surface area contributed by atoms with Crippen LogP contribution >= 0.6 is 0 Å². The Hall–Kier alpha value is -3.81. The van der Waals surface area contributed by atoms with E-state index in [1.54, 1.807) is 17.0 Å². The Morgan fingerprint density at radius 2 is 1.55 bits per heavy atom. The van der Waals surface area contributed by atoms with Crippen molar-refractivity contribution in [2.75, 3.05) is 31.1 Å². The molecule has 4 rings (SSSR count). The van der Waals surface area contributed by atoms with Crippen molar-refractivity contribution in [3.05, 3.63) is 82.4 Å². The van der Waals surface area contributed by atoms with Crippen molar-refractivity contribution in [3.8, 4) is 11.3 Å². The Balaban J connectivity index is 1.42. The highest BCUT2D eigenvalue weighted by Crippen LogP contribution is 2.22. The molecule has 1 aromatic heterocycles. The number of nitro benzene ring substituents is 1. The lowest BCUT2D eigenvalue weighted by Crippen LogP contribution is -2.49. The summed E-state index contributed by atoms with van der Waals surface area (Å²) in [6.07, 6.45) is 0. The number of aromatic nitrogens is 2. The number of carbonyl (C=O) groups excluding carboxylic acids is 1. The molecule has 29 heavy (non-hydrogen) atoms. The highest BCUT2D eigenvalue weighted by atomic mass is 16.6. The Morgan fingerprint density at radius 3 is 2.21 bits per heavy atom. The van der Waals surface area contributed by atoms with Crippen LogP contribution in [0.3, 0.4) is 0 Å². The third kappa shape index (κ3) is 3.91. The molecular weight excluding hydrogens is 370 g/mol. The number of nitro groups is 1. The van der Waals surface area contributed by atoms with Gasteiger partial charge < -0.3 is 9.80 Å². The predicted molar refractivity (Wildman–Crippen MR) is 109 cm³/mol. The number of nitrogens with zero attached hydrogens (tertiary/aromatic N) is 5. The van der Waals surface area contributed by atoms with Crippen molar-refractivity contribution >= 4 is 17.4 Å². The summed E-state index contributed by atoms with van der Waals surface area (Å²) in [6, 6.07) is 19.7. The zero-order chi connectivity index (χ0) is 20.2. The van der Waals surface area contributed by atoms with Crippen molar-refractivity contribution in [1.29, 1.82) is 0 Å². The van der Waals surface area contributed by atoms with Gasteiger partial charge in [0, 0.05) is 37.8 Å². The van der Waals surface area contributed by atoms with Crippen LogP contribution in [-0.4, -0.2) is 52.1 Å². The van der Waals surface area contributed by atoms with Crippen LogP contribution in [0.15, 0.2) is 66.7 Å². The molecule has 8 heteroatoms. The first-order chi connectivity index (χ1) is 14.1. The molecule has 2 aromatic carbocycles. The minimum absolute atomic E-state index is 0.123. The van der Waals surface area contributed by atoms with Gasteiger partial charge in [-0.1, -0.05) is 42.5 Å². The first-order valence-electron chi connectivity index (χ1n) is 9.30. The molecule has 1 aliphatic heterocycles. The molecule has 0 radical (unpaired) electrons. The van der Waals surface area contributed by atoms with Gasteiger partial charge in [-0.2, -0.15) is 0 Å². The first-order valence-corrected chi connectivity index (χ1v) is 9.30. The Morgan fingerprint density at radius 1 is 0.862 bits per heavy atom. The molecule has 0 unspecified atom stereocenters. The average Bonchev–Trinajstić information content (AvgIpc) is 2.79. The highest BCUT2D eigenvalue weighted by Gasteiger charge is 2.27. The number of benzene rings is 2. The topological polar surface area (TPSA) is 92.5 Å². The summed E-state index contributed by atoms with van der Waals surface area (Å²) in [6.45, 7) is 2.11. The quantitative estimate of drug-likeness (QED) is 0.503. The maximum atomic E-state index is 12.7. The number of hydrogen-bond donors (Lipinski definition) is 0. The molecule has 0 bridgehead atoms. The summed E-state index contributed by atoms with van der Waals surface area (Å²) in [5, 5.41) is 19.8. The lowest BCUT2D eigenvalue weighted by Gasteiger charge is -2.35. The fourth-order valence-corrected chi connectivity index (χ4v) is 3.38. The molecule has 0 atom stereocenters. The molecule has 3 aromatic rings. The average molecular weight is 389 g/mol. The van der Waals surface area contributed by atoms with E-state index in [1.165, 1.54) is 12.1 Å². The summed E-state index contributed by atoms with van der Waals surface area (Å²) in [4.78, 5) is 27.1. The molecular formula is C21H19N5O3. The number of anilines is 1. The maximum Gasteiger partial charge on any atom is 0.282 e. The van der Waals surface area contributed by atoms with Crippen LogP contribution in [0.1, 0.15) is 10.4 Å². The molecule has 1 saturated heterocycles. The molecule has 1 aliphatic rings. The molecule has 0 spiro atoms. The second-order valence-corrected chi connectivity index (χ2v) is 6.70. The van der Waals surface area contributed by atoms with E-state index in [1.807, 2.05) is 42.5 Å². The van der Waals surface area contributed by atoms with Crippen molar-refractivity contribution in [1.82, 2.24) is 15.1 Å². The Labute approximate surface area is 167 Å². The van der Waals surface area contributed by atoms with Gasteiger partial charge in [-0.05, 0) is 18.2 Å². The number of rotatable bonds is 4. The van der Waals surface area contributed by atoms with Crippen LogP contribution in [0.5, 0.6) is 0 Å². The molecule has 1 fully saturated rings. The van der Waals surface area contributed by atoms with Crippen LogP contribution < -0.4 is 4.90 Å². The van der Waals surface area contributed by atoms with E-state index >= 15 is 0 Å². The number of para-hydroxylation sites is 1. The van der Waals surface area contributed by atoms with E-state index in [0.29, 0.717) is 26.2 Å². The molecule has 8 nitrogen and oxygen atoms in total. The van der Waals surface area contributed by atoms with Crippen LogP contribution in [0.2, 0.25) is 0 Å². The molecule has 0 saturated carbocycles. The minimum atomic E-state index is -0.520. The summed E-state index contributed by atoms with van der Waals surface area (Å²) in [5.74, 6) is 0.435. The Bertz CT molecular complexity index is 1020. The third-order valence-corrected chi connectivity index (χ3v) is 4.94. The zero-order valence-corrected chi connectivity index (χ0v) is 15.6. The van der Waals surface area contributed by atoms with E-state index in [0.717, 1.165) is 17.1 Å². The predicted octanol–water partition coefficient (Wildman–Crippen LogP) is 3.01. The van der Waals surface area contributed by atoms with Gasteiger partial charge in [-0.3, -0.25) is 14.9 Å². The number of piperazine rings is 1. The van der Waals surface area contributed by atoms with E-state index in [4.69, 9.17) is 0 Å². The van der Waals surface area contributed by atoms with Crippen LogP contribution in [0.25, 0.3) is 11.3 Å². The summed E-state index contributed by atoms with van der Waals surface area (Å²) >= 11 is 0. The van der Waals surface area contributed by atoms with Crippen LogP contribution in [0.4, 0.5) is 11.5 Å². The second-order valence-electron chi connectivity index (χ2n) is 6.70. The zero-order valence-electron chi connectivity index (χ0n) is 15.6. The van der Waals surface area contributed by atoms with Gasteiger partial charge >= 0.3 is 0 Å². The van der Waals surface area contributed by atoms with Crippen molar-refractivity contribution in [2.45, 2.75) is 0 Å². The van der Waals surface area contributed by atoms with E-state index < -0.39 is 4.92 Å². The Kier molecular flexibility index (Phi) is 5.15. The molecule has 0 N–H and O–H groups in total. The maximum absolute atomic E-state index is 12.7. The van der Waals surface area contributed by atoms with Gasteiger partial charge in [0.05, 0.1) is 10.6 Å². The SMILES string of the molecule is O=C(c1ccccc1[N+](=O)[O-])N1CCN(c2ccc(-c3ccccc3)nn2)CC1. The van der Waals surface area contributed by atoms with Crippen molar-refractivity contribution in [2.24, 2.45) is 0 Å². The summed E-state index contributed by atoms with van der Waals surface area (Å²) in [5.41, 5.74) is 1.77. The van der Waals surface area contributed by atoms with E-state index in [-0.39, 0.29) is 17.2 Å². The fourth-order valence-electron chi connectivity index (χ4n) is 3.38. The van der Waals surface area contributed by atoms with Gasteiger partial charge in [-0.15, -0.1) is 10.2 Å². The first kappa shape index (κ1) is 18.5. The molecule has 2 heterocycles. The largest absolute Gasteiger partial charge is 0.352 e.